The van der Waals surface area contributed by atoms with Gasteiger partial charge in [0, 0.05) is 0 Å². The van der Waals surface area contributed by atoms with Crippen molar-refractivity contribution in [3.63, 3.8) is 0 Å². The molecule has 0 aliphatic carbocycles. The predicted octanol–water partition coefficient (Wildman–Crippen LogP) is 3.70. The van der Waals surface area contributed by atoms with Gasteiger partial charge in [0.05, 0.1) is 6.42 Å². The SMILES string of the molecule is CC.CI.Cc1ccccc1CC(=O)O. The van der Waals surface area contributed by atoms with Gasteiger partial charge in [-0.3, -0.25) is 4.79 Å². The Morgan fingerprint density at radius 3 is 2.13 bits per heavy atom. The van der Waals surface area contributed by atoms with Crippen molar-refractivity contribution in [3.05, 3.63) is 35.4 Å². The first-order valence-corrected chi connectivity index (χ1v) is 7.00. The van der Waals surface area contributed by atoms with Gasteiger partial charge in [-0.25, -0.2) is 0 Å². The number of hydrogen-bond donors (Lipinski definition) is 1. The number of carboxylic acids is 1. The summed E-state index contributed by atoms with van der Waals surface area (Å²) in [6.07, 6.45) is 0.118. The molecule has 0 bridgehead atoms. The standard InChI is InChI=1S/C9H10O2.C2H6.CH3I/c1-7-4-2-3-5-8(7)6-9(10)11;2*1-2/h2-5H,6H2,1H3,(H,10,11);1-2H3;1H3. The maximum absolute atomic E-state index is 10.3. The lowest BCUT2D eigenvalue weighted by Crippen LogP contribution is -2.01. The molecule has 0 radical (unpaired) electrons. The summed E-state index contributed by atoms with van der Waals surface area (Å²) >= 11 is 2.15. The fourth-order valence-corrected chi connectivity index (χ4v) is 0.971. The number of halogens is 1. The van der Waals surface area contributed by atoms with Crippen LogP contribution in [0.15, 0.2) is 24.3 Å². The van der Waals surface area contributed by atoms with Gasteiger partial charge in [0.15, 0.2) is 0 Å². The Hall–Kier alpha value is -0.580. The van der Waals surface area contributed by atoms with Crippen molar-refractivity contribution < 1.29 is 9.90 Å². The lowest BCUT2D eigenvalue weighted by atomic mass is 10.1. The lowest BCUT2D eigenvalue weighted by molar-refractivity contribution is -0.136. The van der Waals surface area contributed by atoms with Crippen molar-refractivity contribution in [2.24, 2.45) is 0 Å². The van der Waals surface area contributed by atoms with E-state index in [-0.39, 0.29) is 6.42 Å². The molecule has 2 nitrogen and oxygen atoms in total. The van der Waals surface area contributed by atoms with Crippen LogP contribution >= 0.6 is 22.6 Å². The molecular formula is C12H19IO2. The van der Waals surface area contributed by atoms with E-state index in [2.05, 4.69) is 22.6 Å². The third kappa shape index (κ3) is 8.42. The van der Waals surface area contributed by atoms with Gasteiger partial charge >= 0.3 is 5.97 Å². The van der Waals surface area contributed by atoms with Crippen molar-refractivity contribution >= 4 is 28.6 Å². The lowest BCUT2D eigenvalue weighted by Gasteiger charge is -1.99. The van der Waals surface area contributed by atoms with Crippen LogP contribution in [0.4, 0.5) is 0 Å². The average Bonchev–Trinajstić information content (AvgIpc) is 2.27. The molecule has 0 saturated carbocycles. The van der Waals surface area contributed by atoms with E-state index in [4.69, 9.17) is 5.11 Å². The first kappa shape index (κ1) is 16.8. The van der Waals surface area contributed by atoms with E-state index in [0.717, 1.165) is 11.1 Å². The number of aryl methyl sites for hydroxylation is 1. The molecule has 0 aliphatic heterocycles. The highest BCUT2D eigenvalue weighted by atomic mass is 127. The van der Waals surface area contributed by atoms with Gasteiger partial charge in [-0.2, -0.15) is 0 Å². The molecule has 86 valence electrons. The Labute approximate surface area is 106 Å². The largest absolute Gasteiger partial charge is 0.481 e. The average molecular weight is 322 g/mol. The summed E-state index contributed by atoms with van der Waals surface area (Å²) in [6.45, 7) is 5.91. The van der Waals surface area contributed by atoms with Crippen molar-refractivity contribution in [2.45, 2.75) is 27.2 Å². The summed E-state index contributed by atoms with van der Waals surface area (Å²) in [4.78, 5) is 12.3. The Morgan fingerprint density at radius 1 is 1.27 bits per heavy atom. The zero-order valence-electron chi connectivity index (χ0n) is 9.75. The normalized spacial score (nSPS) is 7.80. The summed E-state index contributed by atoms with van der Waals surface area (Å²) < 4.78 is 0. The molecule has 1 aromatic carbocycles. The van der Waals surface area contributed by atoms with Gasteiger partial charge in [-0.05, 0) is 23.0 Å². The quantitative estimate of drug-likeness (QED) is 0.666. The molecule has 0 spiro atoms. The molecule has 0 aliphatic rings. The molecular weight excluding hydrogens is 303 g/mol. The Kier molecular flexibility index (Phi) is 12.9. The second-order valence-electron chi connectivity index (χ2n) is 2.50. The van der Waals surface area contributed by atoms with Crippen molar-refractivity contribution in [1.29, 1.82) is 0 Å². The highest BCUT2D eigenvalue weighted by molar-refractivity contribution is 14.1. The minimum atomic E-state index is -0.778. The molecule has 1 rings (SSSR count). The molecule has 3 heteroatoms. The van der Waals surface area contributed by atoms with Crippen LogP contribution in [0.5, 0.6) is 0 Å². The number of hydrogen-bond acceptors (Lipinski definition) is 1. The van der Waals surface area contributed by atoms with Gasteiger partial charge < -0.3 is 5.11 Å². The predicted molar refractivity (Wildman–Crippen MR) is 73.8 cm³/mol. The second kappa shape index (κ2) is 11.5. The van der Waals surface area contributed by atoms with E-state index in [1.54, 1.807) is 0 Å². The number of alkyl halides is 1. The van der Waals surface area contributed by atoms with E-state index in [1.165, 1.54) is 0 Å². The van der Waals surface area contributed by atoms with E-state index < -0.39 is 5.97 Å². The first-order chi connectivity index (χ1) is 7.20. The third-order valence-corrected chi connectivity index (χ3v) is 1.60. The first-order valence-electron chi connectivity index (χ1n) is 4.84. The van der Waals surface area contributed by atoms with Crippen LogP contribution in [-0.2, 0) is 11.2 Å². The summed E-state index contributed by atoms with van der Waals surface area (Å²) in [5, 5.41) is 8.49. The van der Waals surface area contributed by atoms with Crippen LogP contribution in [0.1, 0.15) is 25.0 Å². The fourth-order valence-electron chi connectivity index (χ4n) is 0.971. The minimum Gasteiger partial charge on any atom is -0.481 e. The summed E-state index contributed by atoms with van der Waals surface area (Å²) in [6, 6.07) is 7.51. The zero-order valence-corrected chi connectivity index (χ0v) is 11.9. The van der Waals surface area contributed by atoms with Crippen LogP contribution in [0, 0.1) is 6.92 Å². The Balaban J connectivity index is 0. The van der Waals surface area contributed by atoms with Gasteiger partial charge in [-0.15, -0.1) is 0 Å². The number of rotatable bonds is 2. The highest BCUT2D eigenvalue weighted by Crippen LogP contribution is 2.06. The molecule has 0 aromatic heterocycles. The van der Waals surface area contributed by atoms with Crippen LogP contribution in [-0.4, -0.2) is 16.0 Å². The van der Waals surface area contributed by atoms with Crippen molar-refractivity contribution in [2.75, 3.05) is 4.93 Å². The summed E-state index contributed by atoms with van der Waals surface area (Å²) in [5.74, 6) is -0.778. The van der Waals surface area contributed by atoms with E-state index in [0.29, 0.717) is 0 Å². The molecule has 0 fully saturated rings. The molecule has 0 saturated heterocycles. The van der Waals surface area contributed by atoms with Gasteiger partial charge in [0.2, 0.25) is 0 Å². The minimum absolute atomic E-state index is 0.118. The van der Waals surface area contributed by atoms with E-state index >= 15 is 0 Å². The van der Waals surface area contributed by atoms with Crippen LogP contribution in [0.2, 0.25) is 0 Å². The van der Waals surface area contributed by atoms with Crippen molar-refractivity contribution in [1.82, 2.24) is 0 Å². The molecule has 0 amide bonds. The topological polar surface area (TPSA) is 37.3 Å². The monoisotopic (exact) mass is 322 g/mol. The highest BCUT2D eigenvalue weighted by Gasteiger charge is 2.01. The van der Waals surface area contributed by atoms with Crippen LogP contribution in [0.3, 0.4) is 0 Å². The zero-order chi connectivity index (χ0) is 12.3. The number of aliphatic carboxylic acids is 1. The number of benzene rings is 1. The van der Waals surface area contributed by atoms with Gasteiger partial charge in [0.1, 0.15) is 0 Å². The molecule has 0 heterocycles. The summed E-state index contributed by atoms with van der Waals surface area (Å²) in [5.41, 5.74) is 1.93. The molecule has 1 N–H and O–H groups in total. The van der Waals surface area contributed by atoms with E-state index in [9.17, 15) is 4.79 Å². The van der Waals surface area contributed by atoms with Crippen LogP contribution < -0.4 is 0 Å². The maximum atomic E-state index is 10.3. The fraction of sp³-hybridized carbons (Fsp3) is 0.417. The molecule has 1 aromatic rings. The molecule has 15 heavy (non-hydrogen) atoms. The second-order valence-corrected chi connectivity index (χ2v) is 2.50. The van der Waals surface area contributed by atoms with Gasteiger partial charge in [-0.1, -0.05) is 60.7 Å². The van der Waals surface area contributed by atoms with E-state index in [1.807, 2.05) is 50.0 Å². The van der Waals surface area contributed by atoms with Crippen LogP contribution in [0.25, 0.3) is 0 Å². The number of carbonyl (C=O) groups is 1. The third-order valence-electron chi connectivity index (χ3n) is 1.60. The number of carboxylic acid groups (broad SMARTS) is 1. The smallest absolute Gasteiger partial charge is 0.307 e. The Bertz CT molecular complexity index is 272. The molecule has 0 atom stereocenters. The van der Waals surface area contributed by atoms with Gasteiger partial charge in [0.25, 0.3) is 0 Å². The molecule has 0 unspecified atom stereocenters. The Morgan fingerprint density at radius 2 is 1.73 bits per heavy atom. The maximum Gasteiger partial charge on any atom is 0.307 e. The summed E-state index contributed by atoms with van der Waals surface area (Å²) in [7, 11) is 0. The van der Waals surface area contributed by atoms with Crippen molar-refractivity contribution in [3.8, 4) is 0 Å².